The molecule has 5 aromatic rings. The first kappa shape index (κ1) is 16.3. The molecule has 0 unspecified atom stereocenters. The lowest BCUT2D eigenvalue weighted by atomic mass is 10.2. The zero-order chi connectivity index (χ0) is 17.2. The second-order valence-corrected chi connectivity index (χ2v) is 5.17. The molecule has 0 saturated heterocycles. The lowest BCUT2D eigenvalue weighted by Gasteiger charge is -1.91. The Bertz CT molecular complexity index is 887. The topological polar surface area (TPSA) is 54.5 Å². The quantitative estimate of drug-likeness (QED) is 0.441. The molecule has 4 nitrogen and oxygen atoms in total. The average Bonchev–Trinajstić information content (AvgIpc) is 3.19. The zero-order valence-electron chi connectivity index (χ0n) is 13.7. The second kappa shape index (κ2) is 8.93. The third-order valence-electron chi connectivity index (χ3n) is 3.45. The Balaban J connectivity index is 0.000000113. The standard InChI is InChI=1S/C9H7N.C8H7N.C4H4N2/c1-2-6-9-8(4-1)5-3-7-10-9;1-2-4-8-7(3-1)5-6-9-8;1-2-5-4-6-3-1/h1-7H;1-6,9H;1-4H. The molecule has 0 amide bonds. The van der Waals surface area contributed by atoms with Crippen LogP contribution in [0.15, 0.2) is 104 Å². The molecule has 122 valence electrons. The van der Waals surface area contributed by atoms with E-state index in [1.54, 1.807) is 18.5 Å². The van der Waals surface area contributed by atoms with Crippen LogP contribution in [0.2, 0.25) is 0 Å². The van der Waals surface area contributed by atoms with E-state index in [1.165, 1.54) is 22.6 Å². The highest BCUT2D eigenvalue weighted by molar-refractivity contribution is 5.79. The van der Waals surface area contributed by atoms with Crippen LogP contribution >= 0.6 is 0 Å². The first-order chi connectivity index (χ1) is 12.4. The van der Waals surface area contributed by atoms with Gasteiger partial charge in [0.05, 0.1) is 5.52 Å². The van der Waals surface area contributed by atoms with Gasteiger partial charge in [0.15, 0.2) is 0 Å². The molecule has 0 bridgehead atoms. The molecular weight excluding hydrogens is 308 g/mol. The molecule has 0 aliphatic heterocycles. The maximum Gasteiger partial charge on any atom is 0.115 e. The number of aromatic nitrogens is 4. The maximum absolute atomic E-state index is 4.18. The average molecular weight is 326 g/mol. The second-order valence-electron chi connectivity index (χ2n) is 5.17. The molecule has 0 radical (unpaired) electrons. The molecule has 0 fully saturated rings. The molecule has 0 aliphatic carbocycles. The summed E-state index contributed by atoms with van der Waals surface area (Å²) in [6.07, 6.45) is 8.63. The van der Waals surface area contributed by atoms with Gasteiger partial charge in [0.2, 0.25) is 0 Å². The van der Waals surface area contributed by atoms with E-state index in [-0.39, 0.29) is 0 Å². The highest BCUT2D eigenvalue weighted by Crippen LogP contribution is 2.09. The minimum atomic E-state index is 1.06. The normalized spacial score (nSPS) is 9.60. The van der Waals surface area contributed by atoms with Crippen LogP contribution in [0.1, 0.15) is 0 Å². The Hall–Kier alpha value is -3.53. The number of rotatable bonds is 0. The van der Waals surface area contributed by atoms with E-state index in [0.717, 1.165) is 5.52 Å². The van der Waals surface area contributed by atoms with Crippen molar-refractivity contribution in [2.45, 2.75) is 0 Å². The van der Waals surface area contributed by atoms with E-state index in [0.29, 0.717) is 0 Å². The first-order valence-corrected chi connectivity index (χ1v) is 7.95. The summed E-state index contributed by atoms with van der Waals surface area (Å²) in [6.45, 7) is 0. The number of nitrogens with one attached hydrogen (secondary N) is 1. The molecule has 0 aliphatic rings. The third-order valence-corrected chi connectivity index (χ3v) is 3.45. The lowest BCUT2D eigenvalue weighted by Crippen LogP contribution is -1.73. The van der Waals surface area contributed by atoms with Crippen LogP contribution in [0.25, 0.3) is 21.8 Å². The lowest BCUT2D eigenvalue weighted by molar-refractivity contribution is 1.17. The van der Waals surface area contributed by atoms with Crippen molar-refractivity contribution in [2.24, 2.45) is 0 Å². The van der Waals surface area contributed by atoms with Gasteiger partial charge in [-0.05, 0) is 35.7 Å². The van der Waals surface area contributed by atoms with Gasteiger partial charge >= 0.3 is 0 Å². The number of hydrogen-bond donors (Lipinski definition) is 1. The van der Waals surface area contributed by atoms with Crippen molar-refractivity contribution in [1.82, 2.24) is 19.9 Å². The molecule has 3 heterocycles. The first-order valence-electron chi connectivity index (χ1n) is 7.95. The van der Waals surface area contributed by atoms with Gasteiger partial charge in [-0.25, -0.2) is 9.97 Å². The van der Waals surface area contributed by atoms with Gasteiger partial charge in [0.25, 0.3) is 0 Å². The van der Waals surface area contributed by atoms with Crippen molar-refractivity contribution in [3.05, 3.63) is 104 Å². The fourth-order valence-electron chi connectivity index (χ4n) is 2.26. The number of benzene rings is 2. The number of fused-ring (bicyclic) bond motifs is 2. The molecule has 3 aromatic heterocycles. The van der Waals surface area contributed by atoms with E-state index < -0.39 is 0 Å². The number of pyridine rings is 1. The summed E-state index contributed by atoms with van der Waals surface area (Å²) in [7, 11) is 0. The van der Waals surface area contributed by atoms with Gasteiger partial charge in [-0.15, -0.1) is 0 Å². The SMILES string of the molecule is c1ccc2[nH]ccc2c1.c1ccc2ncccc2c1.c1cncnc1. The number of nitrogens with zero attached hydrogens (tertiary/aromatic N) is 3. The minimum absolute atomic E-state index is 1.06. The van der Waals surface area contributed by atoms with Gasteiger partial charge in [0, 0.05) is 35.7 Å². The van der Waals surface area contributed by atoms with Crippen LogP contribution in [0.5, 0.6) is 0 Å². The number of aromatic amines is 1. The Morgan fingerprint density at radius 2 is 1.32 bits per heavy atom. The Morgan fingerprint density at radius 1 is 0.600 bits per heavy atom. The molecule has 0 spiro atoms. The minimum Gasteiger partial charge on any atom is -0.361 e. The van der Waals surface area contributed by atoms with Crippen molar-refractivity contribution in [3.63, 3.8) is 0 Å². The van der Waals surface area contributed by atoms with Crippen molar-refractivity contribution < 1.29 is 0 Å². The number of para-hydroxylation sites is 2. The predicted molar refractivity (Wildman–Crippen MR) is 102 cm³/mol. The van der Waals surface area contributed by atoms with Crippen molar-refractivity contribution in [2.75, 3.05) is 0 Å². The van der Waals surface area contributed by atoms with Crippen LogP contribution in [0, 0.1) is 0 Å². The maximum atomic E-state index is 4.18. The van der Waals surface area contributed by atoms with Gasteiger partial charge < -0.3 is 4.98 Å². The van der Waals surface area contributed by atoms with Crippen molar-refractivity contribution in [1.29, 1.82) is 0 Å². The van der Waals surface area contributed by atoms with Crippen LogP contribution in [-0.2, 0) is 0 Å². The zero-order valence-corrected chi connectivity index (χ0v) is 13.7. The van der Waals surface area contributed by atoms with E-state index in [1.807, 2.05) is 48.8 Å². The Labute approximate surface area is 146 Å². The summed E-state index contributed by atoms with van der Waals surface area (Å²) in [5.74, 6) is 0. The third kappa shape index (κ3) is 4.97. The summed E-state index contributed by atoms with van der Waals surface area (Å²) < 4.78 is 0. The molecule has 0 saturated carbocycles. The highest BCUT2D eigenvalue weighted by Gasteiger charge is 1.87. The van der Waals surface area contributed by atoms with E-state index in [9.17, 15) is 0 Å². The summed E-state index contributed by atoms with van der Waals surface area (Å²) in [5.41, 5.74) is 2.27. The van der Waals surface area contributed by atoms with E-state index >= 15 is 0 Å². The predicted octanol–water partition coefficient (Wildman–Crippen LogP) is 4.88. The van der Waals surface area contributed by atoms with Crippen LogP contribution in [-0.4, -0.2) is 19.9 Å². The van der Waals surface area contributed by atoms with Crippen LogP contribution in [0.4, 0.5) is 0 Å². The van der Waals surface area contributed by atoms with Crippen molar-refractivity contribution in [3.8, 4) is 0 Å². The summed E-state index contributed by atoms with van der Waals surface area (Å²) in [5, 5.41) is 2.47. The van der Waals surface area contributed by atoms with E-state index in [4.69, 9.17) is 0 Å². The van der Waals surface area contributed by atoms with Crippen molar-refractivity contribution >= 4 is 21.8 Å². The Kier molecular flexibility index (Phi) is 5.84. The van der Waals surface area contributed by atoms with Gasteiger partial charge in [-0.1, -0.05) is 42.5 Å². The summed E-state index contributed by atoms with van der Waals surface area (Å²) >= 11 is 0. The molecule has 5 rings (SSSR count). The molecule has 0 atom stereocenters. The molecular formula is C21H18N4. The summed E-state index contributed by atoms with van der Waals surface area (Å²) in [6, 6.07) is 24.1. The monoisotopic (exact) mass is 326 g/mol. The van der Waals surface area contributed by atoms with Gasteiger partial charge in [0.1, 0.15) is 6.33 Å². The van der Waals surface area contributed by atoms with E-state index in [2.05, 4.69) is 50.3 Å². The Morgan fingerprint density at radius 3 is 2.00 bits per heavy atom. The molecule has 4 heteroatoms. The molecule has 1 N–H and O–H groups in total. The fourth-order valence-corrected chi connectivity index (χ4v) is 2.26. The largest absolute Gasteiger partial charge is 0.361 e. The number of hydrogen-bond acceptors (Lipinski definition) is 3. The highest BCUT2D eigenvalue weighted by atomic mass is 14.8. The van der Waals surface area contributed by atoms with Gasteiger partial charge in [-0.2, -0.15) is 0 Å². The van der Waals surface area contributed by atoms with Crippen LogP contribution < -0.4 is 0 Å². The fraction of sp³-hybridized carbons (Fsp3) is 0. The smallest absolute Gasteiger partial charge is 0.115 e. The number of H-pyrrole nitrogens is 1. The van der Waals surface area contributed by atoms with Crippen LogP contribution in [0.3, 0.4) is 0 Å². The summed E-state index contributed by atoms with van der Waals surface area (Å²) in [4.78, 5) is 14.6. The molecule has 25 heavy (non-hydrogen) atoms. The molecule has 2 aromatic carbocycles. The van der Waals surface area contributed by atoms with Gasteiger partial charge in [-0.3, -0.25) is 4.98 Å².